The van der Waals surface area contributed by atoms with Gasteiger partial charge in [-0.05, 0) is 81.8 Å². The van der Waals surface area contributed by atoms with Gasteiger partial charge in [-0.2, -0.15) is 0 Å². The summed E-state index contributed by atoms with van der Waals surface area (Å²) in [6.45, 7) is 7.70. The van der Waals surface area contributed by atoms with E-state index in [0.29, 0.717) is 54.6 Å². The van der Waals surface area contributed by atoms with E-state index < -0.39 is 17.2 Å². The Morgan fingerprint density at radius 2 is 1.66 bits per heavy atom. The highest BCUT2D eigenvalue weighted by Crippen LogP contribution is 2.30. The minimum absolute atomic E-state index is 0.463. The molecule has 1 atom stereocenters. The first-order valence-electron chi connectivity index (χ1n) is 12.8. The number of carbonyl (C=O) groups is 2. The van der Waals surface area contributed by atoms with Crippen molar-refractivity contribution in [3.63, 3.8) is 0 Å². The SMILES string of the molecule is CCC(C=O)(CCCc1ccc(Oc2cccc(OCc3ccccc3)c2)cc1Cl)NC(=O)OC(C)(C)C. The van der Waals surface area contributed by atoms with Crippen molar-refractivity contribution >= 4 is 24.0 Å². The van der Waals surface area contributed by atoms with Crippen molar-refractivity contribution in [2.45, 2.75) is 71.1 Å². The van der Waals surface area contributed by atoms with Gasteiger partial charge < -0.3 is 24.3 Å². The molecule has 0 spiro atoms. The van der Waals surface area contributed by atoms with Crippen LogP contribution in [0.2, 0.25) is 5.02 Å². The van der Waals surface area contributed by atoms with E-state index in [0.717, 1.165) is 17.4 Å². The Balaban J connectivity index is 1.56. The summed E-state index contributed by atoms with van der Waals surface area (Å²) in [4.78, 5) is 24.2. The fourth-order valence-corrected chi connectivity index (χ4v) is 4.16. The van der Waals surface area contributed by atoms with E-state index in [9.17, 15) is 9.59 Å². The van der Waals surface area contributed by atoms with Gasteiger partial charge in [-0.15, -0.1) is 0 Å². The lowest BCUT2D eigenvalue weighted by molar-refractivity contribution is -0.113. The molecule has 0 heterocycles. The molecular formula is C31H36ClNO5. The molecule has 0 radical (unpaired) electrons. The van der Waals surface area contributed by atoms with Crippen molar-refractivity contribution in [1.29, 1.82) is 0 Å². The second-order valence-electron chi connectivity index (χ2n) is 10.2. The Kier molecular flexibility index (Phi) is 10.2. The molecule has 1 N–H and O–H groups in total. The molecule has 202 valence electrons. The molecule has 3 rings (SSSR count). The predicted octanol–water partition coefficient (Wildman–Crippen LogP) is 7.91. The van der Waals surface area contributed by atoms with Gasteiger partial charge in [0.15, 0.2) is 0 Å². The van der Waals surface area contributed by atoms with Crippen molar-refractivity contribution in [2.75, 3.05) is 0 Å². The first kappa shape index (κ1) is 29.1. The average molecular weight is 538 g/mol. The number of ether oxygens (including phenoxy) is 3. The zero-order chi connectivity index (χ0) is 27.6. The monoisotopic (exact) mass is 537 g/mol. The number of alkyl carbamates (subject to hydrolysis) is 1. The number of benzene rings is 3. The molecule has 3 aromatic rings. The van der Waals surface area contributed by atoms with Crippen LogP contribution in [-0.2, 0) is 22.6 Å². The zero-order valence-electron chi connectivity index (χ0n) is 22.5. The molecule has 0 aliphatic rings. The summed E-state index contributed by atoms with van der Waals surface area (Å²) in [6.07, 6.45) is 2.44. The Bertz CT molecular complexity index is 1210. The van der Waals surface area contributed by atoms with E-state index in [-0.39, 0.29) is 0 Å². The molecule has 1 amide bonds. The Morgan fingerprint density at radius 3 is 2.32 bits per heavy atom. The number of nitrogens with one attached hydrogen (secondary N) is 1. The van der Waals surface area contributed by atoms with Gasteiger partial charge in [0.05, 0.1) is 5.54 Å². The number of aldehydes is 1. The highest BCUT2D eigenvalue weighted by molar-refractivity contribution is 6.31. The van der Waals surface area contributed by atoms with Crippen LogP contribution in [0, 0.1) is 0 Å². The molecule has 6 nitrogen and oxygen atoms in total. The third kappa shape index (κ3) is 9.10. The van der Waals surface area contributed by atoms with Crippen molar-refractivity contribution in [3.8, 4) is 17.2 Å². The topological polar surface area (TPSA) is 73.9 Å². The highest BCUT2D eigenvalue weighted by atomic mass is 35.5. The Morgan fingerprint density at radius 1 is 0.947 bits per heavy atom. The molecule has 38 heavy (non-hydrogen) atoms. The number of halogens is 1. The summed E-state index contributed by atoms with van der Waals surface area (Å²) >= 11 is 6.56. The third-order valence-corrected chi connectivity index (χ3v) is 6.34. The van der Waals surface area contributed by atoms with Crippen LogP contribution in [0.15, 0.2) is 72.8 Å². The summed E-state index contributed by atoms with van der Waals surface area (Å²) < 4.78 is 17.2. The normalized spacial score (nSPS) is 12.8. The molecule has 0 saturated heterocycles. The van der Waals surface area contributed by atoms with Crippen LogP contribution in [0.25, 0.3) is 0 Å². The maximum absolute atomic E-state index is 12.3. The molecule has 7 heteroatoms. The minimum atomic E-state index is -0.981. The summed E-state index contributed by atoms with van der Waals surface area (Å²) in [5.41, 5.74) is 0.407. The fraction of sp³-hybridized carbons (Fsp3) is 0.355. The quantitative estimate of drug-likeness (QED) is 0.238. The van der Waals surface area contributed by atoms with E-state index >= 15 is 0 Å². The number of aryl methyl sites for hydroxylation is 1. The van der Waals surface area contributed by atoms with E-state index in [1.165, 1.54) is 0 Å². The second kappa shape index (κ2) is 13.3. The van der Waals surface area contributed by atoms with E-state index in [2.05, 4.69) is 5.32 Å². The second-order valence-corrected chi connectivity index (χ2v) is 10.6. The van der Waals surface area contributed by atoms with Crippen LogP contribution in [-0.4, -0.2) is 23.5 Å². The Labute approximate surface area is 230 Å². The van der Waals surface area contributed by atoms with Crippen LogP contribution in [0.1, 0.15) is 58.1 Å². The van der Waals surface area contributed by atoms with Crippen molar-refractivity contribution in [1.82, 2.24) is 5.32 Å². The van der Waals surface area contributed by atoms with Crippen LogP contribution in [0.4, 0.5) is 4.79 Å². The molecule has 0 bridgehead atoms. The van der Waals surface area contributed by atoms with Gasteiger partial charge in [-0.3, -0.25) is 0 Å². The number of rotatable bonds is 12. The molecule has 0 fully saturated rings. The lowest BCUT2D eigenvalue weighted by Crippen LogP contribution is -2.51. The number of amides is 1. The largest absolute Gasteiger partial charge is 0.489 e. The molecule has 0 aliphatic heterocycles. The number of carbonyl (C=O) groups excluding carboxylic acids is 2. The summed E-state index contributed by atoms with van der Waals surface area (Å²) in [5, 5.41) is 3.33. The smallest absolute Gasteiger partial charge is 0.408 e. The maximum atomic E-state index is 12.3. The highest BCUT2D eigenvalue weighted by Gasteiger charge is 2.31. The molecule has 1 unspecified atom stereocenters. The summed E-state index contributed by atoms with van der Waals surface area (Å²) in [5.74, 6) is 1.97. The molecule has 0 saturated carbocycles. The molecule has 3 aromatic carbocycles. The van der Waals surface area contributed by atoms with Gasteiger partial charge in [-0.1, -0.05) is 61.0 Å². The molecule has 0 aliphatic carbocycles. The first-order chi connectivity index (χ1) is 18.1. The summed E-state index contributed by atoms with van der Waals surface area (Å²) in [6, 6.07) is 23.0. The van der Waals surface area contributed by atoms with Gasteiger partial charge in [0.2, 0.25) is 0 Å². The van der Waals surface area contributed by atoms with Gasteiger partial charge in [0.25, 0.3) is 0 Å². The standard InChI is InChI=1S/C31H36ClNO5/c1-5-31(22-34,33-29(35)38-30(2,3)4)18-10-13-24-16-17-27(20-28(24)32)37-26-15-9-14-25(19-26)36-21-23-11-7-6-8-12-23/h6-9,11-12,14-17,19-20,22H,5,10,13,18,21H2,1-4H3,(H,33,35). The van der Waals surface area contributed by atoms with Crippen LogP contribution >= 0.6 is 11.6 Å². The van der Waals surface area contributed by atoms with E-state index in [1.807, 2.05) is 73.7 Å². The lowest BCUT2D eigenvalue weighted by Gasteiger charge is -2.30. The van der Waals surface area contributed by atoms with Gasteiger partial charge in [-0.25, -0.2) is 4.79 Å². The van der Waals surface area contributed by atoms with E-state index in [4.69, 9.17) is 25.8 Å². The molecule has 0 aromatic heterocycles. The minimum Gasteiger partial charge on any atom is -0.489 e. The molecular weight excluding hydrogens is 502 g/mol. The van der Waals surface area contributed by atoms with Crippen LogP contribution in [0.3, 0.4) is 0 Å². The van der Waals surface area contributed by atoms with Crippen molar-refractivity contribution < 1.29 is 23.8 Å². The predicted molar refractivity (Wildman–Crippen MR) is 150 cm³/mol. The van der Waals surface area contributed by atoms with Crippen molar-refractivity contribution in [3.05, 3.63) is 88.9 Å². The Hall–Kier alpha value is -3.51. The van der Waals surface area contributed by atoms with Gasteiger partial charge in [0.1, 0.15) is 35.7 Å². The zero-order valence-corrected chi connectivity index (χ0v) is 23.2. The van der Waals surface area contributed by atoms with Gasteiger partial charge in [0, 0.05) is 11.1 Å². The van der Waals surface area contributed by atoms with E-state index in [1.54, 1.807) is 26.8 Å². The average Bonchev–Trinajstić information content (AvgIpc) is 2.88. The maximum Gasteiger partial charge on any atom is 0.408 e. The lowest BCUT2D eigenvalue weighted by atomic mass is 9.90. The first-order valence-corrected chi connectivity index (χ1v) is 13.2. The fourth-order valence-electron chi connectivity index (χ4n) is 3.90. The third-order valence-electron chi connectivity index (χ3n) is 5.99. The number of hydrogen-bond acceptors (Lipinski definition) is 5. The van der Waals surface area contributed by atoms with Crippen LogP contribution < -0.4 is 14.8 Å². The van der Waals surface area contributed by atoms with Crippen LogP contribution in [0.5, 0.6) is 17.2 Å². The van der Waals surface area contributed by atoms with Crippen molar-refractivity contribution in [2.24, 2.45) is 0 Å². The number of hydrogen-bond donors (Lipinski definition) is 1. The van der Waals surface area contributed by atoms with Gasteiger partial charge >= 0.3 is 6.09 Å². The summed E-state index contributed by atoms with van der Waals surface area (Å²) in [7, 11) is 0.